The minimum Gasteiger partial charge on any atom is -0.444 e. The van der Waals surface area contributed by atoms with Gasteiger partial charge in [-0.05, 0) is 76.1 Å². The van der Waals surface area contributed by atoms with Crippen LogP contribution in [0.4, 0.5) is 10.5 Å². The van der Waals surface area contributed by atoms with Gasteiger partial charge in [-0.3, -0.25) is 4.99 Å². The number of rotatable bonds is 5. The third-order valence-electron chi connectivity index (χ3n) is 4.61. The van der Waals surface area contributed by atoms with Crippen molar-refractivity contribution in [1.29, 1.82) is 0 Å². The lowest BCUT2D eigenvalue weighted by molar-refractivity contribution is 0.0240. The summed E-state index contributed by atoms with van der Waals surface area (Å²) >= 11 is 0. The highest BCUT2D eigenvalue weighted by Crippen LogP contribution is 2.28. The maximum absolute atomic E-state index is 12.3. The van der Waals surface area contributed by atoms with Gasteiger partial charge in [0, 0.05) is 18.3 Å². The molecule has 0 saturated heterocycles. The summed E-state index contributed by atoms with van der Waals surface area (Å²) in [6, 6.07) is 6.65. The highest BCUT2D eigenvalue weighted by molar-refractivity contribution is 5.92. The van der Waals surface area contributed by atoms with Crippen molar-refractivity contribution < 1.29 is 9.53 Å². The molecule has 0 radical (unpaired) electrons. The van der Waals surface area contributed by atoms with Gasteiger partial charge in [-0.15, -0.1) is 0 Å². The molecule has 0 aliphatic heterocycles. The molecule has 1 saturated carbocycles. The van der Waals surface area contributed by atoms with E-state index >= 15 is 0 Å². The number of nitrogens with one attached hydrogen (secondary N) is 1. The number of aryl methyl sites for hydroxylation is 2. The van der Waals surface area contributed by atoms with Crippen molar-refractivity contribution in [3.8, 4) is 0 Å². The number of hydrogen-bond acceptors (Lipinski definition) is 3. The molecule has 0 atom stereocenters. The molecular formula is C20H30N4O2. The number of carbonyl (C=O) groups excluding carboxylic acids is 1. The highest BCUT2D eigenvalue weighted by atomic mass is 16.6. The molecule has 3 rings (SSSR count). The molecule has 0 unspecified atom stereocenters. The molecule has 0 spiro atoms. The van der Waals surface area contributed by atoms with E-state index in [0.29, 0.717) is 19.0 Å². The normalized spacial score (nSPS) is 17.0. The van der Waals surface area contributed by atoms with Crippen molar-refractivity contribution >= 4 is 17.7 Å². The molecule has 1 amide bonds. The number of fused-ring (bicyclic) bond motifs is 1. The molecule has 2 aliphatic rings. The van der Waals surface area contributed by atoms with Crippen LogP contribution >= 0.6 is 0 Å². The zero-order chi connectivity index (χ0) is 18.7. The number of nitrogens with two attached hydrogens (primary N) is 1. The van der Waals surface area contributed by atoms with E-state index in [4.69, 9.17) is 10.5 Å². The van der Waals surface area contributed by atoms with E-state index in [2.05, 4.69) is 22.4 Å². The van der Waals surface area contributed by atoms with Crippen LogP contribution in [0.3, 0.4) is 0 Å². The first-order valence-electron chi connectivity index (χ1n) is 9.50. The molecule has 1 aromatic carbocycles. The van der Waals surface area contributed by atoms with Crippen molar-refractivity contribution in [1.82, 2.24) is 4.90 Å². The highest BCUT2D eigenvalue weighted by Gasteiger charge is 2.34. The Bertz CT molecular complexity index is 690. The second-order valence-electron chi connectivity index (χ2n) is 8.13. The van der Waals surface area contributed by atoms with Crippen molar-refractivity contribution in [3.63, 3.8) is 0 Å². The Morgan fingerprint density at radius 1 is 1.31 bits per heavy atom. The first-order chi connectivity index (χ1) is 12.3. The fourth-order valence-corrected chi connectivity index (χ4v) is 3.24. The Morgan fingerprint density at radius 2 is 2.04 bits per heavy atom. The second-order valence-corrected chi connectivity index (χ2v) is 8.13. The van der Waals surface area contributed by atoms with Gasteiger partial charge in [-0.25, -0.2) is 4.79 Å². The van der Waals surface area contributed by atoms with E-state index in [1.54, 1.807) is 4.90 Å². The van der Waals surface area contributed by atoms with Gasteiger partial charge >= 0.3 is 6.09 Å². The van der Waals surface area contributed by atoms with E-state index in [1.807, 2.05) is 26.8 Å². The largest absolute Gasteiger partial charge is 0.444 e. The predicted molar refractivity (Wildman–Crippen MR) is 105 cm³/mol. The summed E-state index contributed by atoms with van der Waals surface area (Å²) in [7, 11) is 0. The summed E-state index contributed by atoms with van der Waals surface area (Å²) < 4.78 is 5.49. The molecule has 0 bridgehead atoms. The maximum Gasteiger partial charge on any atom is 0.410 e. The lowest BCUT2D eigenvalue weighted by atomic mass is 10.1. The van der Waals surface area contributed by atoms with Crippen LogP contribution in [-0.4, -0.2) is 41.7 Å². The quantitative estimate of drug-likeness (QED) is 0.625. The minimum absolute atomic E-state index is 0.264. The van der Waals surface area contributed by atoms with Gasteiger partial charge in [0.2, 0.25) is 0 Å². The molecule has 3 N–H and O–H groups in total. The Kier molecular flexibility index (Phi) is 5.39. The van der Waals surface area contributed by atoms with E-state index < -0.39 is 5.60 Å². The number of anilines is 1. The summed E-state index contributed by atoms with van der Waals surface area (Å²) in [5, 5.41) is 3.15. The average Bonchev–Trinajstić information content (AvgIpc) is 3.26. The van der Waals surface area contributed by atoms with Crippen molar-refractivity contribution in [2.24, 2.45) is 10.7 Å². The Morgan fingerprint density at radius 3 is 2.73 bits per heavy atom. The van der Waals surface area contributed by atoms with Crippen molar-refractivity contribution in [2.75, 3.05) is 18.4 Å². The van der Waals surface area contributed by atoms with E-state index in [9.17, 15) is 4.79 Å². The molecule has 2 aliphatic carbocycles. The number of hydrogen-bond donors (Lipinski definition) is 2. The number of guanidine groups is 1. The number of amides is 1. The van der Waals surface area contributed by atoms with Gasteiger partial charge in [-0.2, -0.15) is 0 Å². The topological polar surface area (TPSA) is 80.0 Å². The molecular weight excluding hydrogens is 328 g/mol. The second kappa shape index (κ2) is 7.56. The zero-order valence-corrected chi connectivity index (χ0v) is 16.0. The number of benzene rings is 1. The first-order valence-corrected chi connectivity index (χ1v) is 9.50. The molecule has 6 heteroatoms. The van der Waals surface area contributed by atoms with Crippen LogP contribution in [0, 0.1) is 0 Å². The van der Waals surface area contributed by atoms with Gasteiger partial charge in [0.1, 0.15) is 5.60 Å². The third kappa shape index (κ3) is 5.13. The smallest absolute Gasteiger partial charge is 0.410 e. The summed E-state index contributed by atoms with van der Waals surface area (Å²) in [5.74, 6) is 0.378. The lowest BCUT2D eigenvalue weighted by Gasteiger charge is -2.27. The van der Waals surface area contributed by atoms with Crippen LogP contribution in [0.5, 0.6) is 0 Å². The fourth-order valence-electron chi connectivity index (χ4n) is 3.24. The lowest BCUT2D eigenvalue weighted by Crippen LogP contribution is -2.40. The maximum atomic E-state index is 12.3. The molecule has 0 heterocycles. The van der Waals surface area contributed by atoms with Crippen LogP contribution in [0.2, 0.25) is 0 Å². The average molecular weight is 358 g/mol. The molecule has 6 nitrogen and oxygen atoms in total. The van der Waals surface area contributed by atoms with Gasteiger partial charge in [0.25, 0.3) is 0 Å². The zero-order valence-electron chi connectivity index (χ0n) is 16.0. The predicted octanol–water partition coefficient (Wildman–Crippen LogP) is 3.30. The molecule has 0 aromatic heterocycles. The summed E-state index contributed by atoms with van der Waals surface area (Å²) in [4.78, 5) is 18.5. The number of ether oxygens (including phenoxy) is 1. The van der Waals surface area contributed by atoms with Crippen molar-refractivity contribution in [2.45, 2.75) is 64.5 Å². The van der Waals surface area contributed by atoms with Gasteiger partial charge in [-0.1, -0.05) is 6.07 Å². The van der Waals surface area contributed by atoms with Gasteiger partial charge in [0.05, 0.1) is 6.54 Å². The molecule has 26 heavy (non-hydrogen) atoms. The van der Waals surface area contributed by atoms with Crippen LogP contribution in [-0.2, 0) is 17.6 Å². The van der Waals surface area contributed by atoms with E-state index in [0.717, 1.165) is 24.9 Å². The van der Waals surface area contributed by atoms with E-state index in [1.165, 1.54) is 24.0 Å². The van der Waals surface area contributed by atoms with Crippen LogP contribution in [0.1, 0.15) is 51.2 Å². The summed E-state index contributed by atoms with van der Waals surface area (Å²) in [6.45, 7) is 6.62. The van der Waals surface area contributed by atoms with Gasteiger partial charge < -0.3 is 20.7 Å². The monoisotopic (exact) mass is 358 g/mol. The van der Waals surface area contributed by atoms with Crippen LogP contribution < -0.4 is 11.1 Å². The Labute approximate surface area is 155 Å². The molecule has 142 valence electrons. The molecule has 1 aromatic rings. The standard InChI is InChI=1S/C20H30N4O2/c1-20(2,3)26-19(25)24(17-9-10-17)12-11-22-18(21)23-16-8-7-14-5-4-6-15(14)13-16/h7-8,13,17H,4-6,9-12H2,1-3H3,(H3,21,22,23). The van der Waals surface area contributed by atoms with E-state index in [-0.39, 0.29) is 12.1 Å². The van der Waals surface area contributed by atoms with Gasteiger partial charge in [0.15, 0.2) is 5.96 Å². The third-order valence-corrected chi connectivity index (χ3v) is 4.61. The minimum atomic E-state index is -0.484. The first kappa shape index (κ1) is 18.5. The van der Waals surface area contributed by atoms with Crippen LogP contribution in [0.15, 0.2) is 23.2 Å². The fraction of sp³-hybridized carbons (Fsp3) is 0.600. The SMILES string of the molecule is CC(C)(C)OC(=O)N(CCN=C(N)Nc1ccc2c(c1)CCC2)C1CC1. The van der Waals surface area contributed by atoms with Crippen LogP contribution in [0.25, 0.3) is 0 Å². The Hall–Kier alpha value is -2.24. The number of aliphatic imine (C=N–C) groups is 1. The summed E-state index contributed by atoms with van der Waals surface area (Å²) in [6.07, 6.45) is 5.33. The number of nitrogens with zero attached hydrogens (tertiary/aromatic N) is 2. The Balaban J connectivity index is 1.52. The summed E-state index contributed by atoms with van der Waals surface area (Å²) in [5.41, 5.74) is 9.33. The number of carbonyl (C=O) groups is 1. The molecule has 1 fully saturated rings. The van der Waals surface area contributed by atoms with Crippen molar-refractivity contribution in [3.05, 3.63) is 29.3 Å².